The average Bonchev–Trinajstić information content (AvgIpc) is 2.35. The standard InChI is InChI=1S/C11H10F4O4/c1-18-8-4-6(9(16)17)2-3-7(8)19-5-11(14,15)10(12)13/h2-4,10H,5H2,1H3,(H,16,17). The van der Waals surface area contributed by atoms with Crippen LogP contribution in [0.4, 0.5) is 17.6 Å². The summed E-state index contributed by atoms with van der Waals surface area (Å²) in [5.74, 6) is -5.92. The second-order valence-corrected chi connectivity index (χ2v) is 3.52. The van der Waals surface area contributed by atoms with E-state index >= 15 is 0 Å². The molecule has 0 saturated heterocycles. The number of halogens is 4. The SMILES string of the molecule is COc1cc(C(=O)O)ccc1OCC(F)(F)C(F)F. The first-order chi connectivity index (χ1) is 8.77. The van der Waals surface area contributed by atoms with Gasteiger partial charge in [0.25, 0.3) is 0 Å². The molecule has 0 aliphatic heterocycles. The van der Waals surface area contributed by atoms with Gasteiger partial charge in [-0.05, 0) is 18.2 Å². The number of rotatable bonds is 6. The fourth-order valence-electron chi connectivity index (χ4n) is 1.16. The highest BCUT2D eigenvalue weighted by atomic mass is 19.3. The molecule has 0 aromatic heterocycles. The Morgan fingerprint density at radius 1 is 1.37 bits per heavy atom. The van der Waals surface area contributed by atoms with Crippen molar-refractivity contribution in [1.82, 2.24) is 0 Å². The molecule has 1 N–H and O–H groups in total. The Labute approximate surface area is 105 Å². The number of alkyl halides is 4. The summed E-state index contributed by atoms with van der Waals surface area (Å²) in [5, 5.41) is 8.71. The van der Waals surface area contributed by atoms with Crippen molar-refractivity contribution < 1.29 is 36.9 Å². The van der Waals surface area contributed by atoms with Crippen molar-refractivity contribution in [2.24, 2.45) is 0 Å². The summed E-state index contributed by atoms with van der Waals surface area (Å²) in [5.41, 5.74) is -0.148. The number of methoxy groups -OCH3 is 1. The molecule has 4 nitrogen and oxygen atoms in total. The first-order valence-corrected chi connectivity index (χ1v) is 4.98. The molecule has 0 fully saturated rings. The van der Waals surface area contributed by atoms with E-state index in [0.717, 1.165) is 18.2 Å². The smallest absolute Gasteiger partial charge is 0.340 e. The van der Waals surface area contributed by atoms with Crippen LogP contribution in [0.15, 0.2) is 18.2 Å². The molecule has 1 aromatic rings. The van der Waals surface area contributed by atoms with Gasteiger partial charge in [0, 0.05) is 0 Å². The fraction of sp³-hybridized carbons (Fsp3) is 0.364. The quantitative estimate of drug-likeness (QED) is 0.815. The molecule has 0 bridgehead atoms. The highest BCUT2D eigenvalue weighted by Gasteiger charge is 2.41. The second kappa shape index (κ2) is 5.77. The zero-order valence-electron chi connectivity index (χ0n) is 9.70. The lowest BCUT2D eigenvalue weighted by atomic mass is 10.2. The molecule has 0 amide bonds. The van der Waals surface area contributed by atoms with Gasteiger partial charge in [0.05, 0.1) is 12.7 Å². The van der Waals surface area contributed by atoms with Crippen LogP contribution < -0.4 is 9.47 Å². The largest absolute Gasteiger partial charge is 0.493 e. The van der Waals surface area contributed by atoms with Crippen molar-refractivity contribution in [1.29, 1.82) is 0 Å². The van der Waals surface area contributed by atoms with Crippen molar-refractivity contribution in [2.45, 2.75) is 12.3 Å². The molecule has 0 aliphatic rings. The van der Waals surface area contributed by atoms with E-state index in [9.17, 15) is 22.4 Å². The topological polar surface area (TPSA) is 55.8 Å². The van der Waals surface area contributed by atoms with E-state index in [1.54, 1.807) is 0 Å². The number of hydrogen-bond acceptors (Lipinski definition) is 3. The Kier molecular flexibility index (Phi) is 4.57. The maximum absolute atomic E-state index is 12.7. The molecule has 0 heterocycles. The normalized spacial score (nSPS) is 11.5. The first-order valence-electron chi connectivity index (χ1n) is 4.98. The van der Waals surface area contributed by atoms with Gasteiger partial charge in [-0.3, -0.25) is 0 Å². The van der Waals surface area contributed by atoms with Crippen LogP contribution in [0, 0.1) is 0 Å². The van der Waals surface area contributed by atoms with Gasteiger partial charge in [0.2, 0.25) is 0 Å². The summed E-state index contributed by atoms with van der Waals surface area (Å²) >= 11 is 0. The average molecular weight is 282 g/mol. The molecule has 1 aromatic carbocycles. The monoisotopic (exact) mass is 282 g/mol. The van der Waals surface area contributed by atoms with Crippen molar-refractivity contribution in [3.05, 3.63) is 23.8 Å². The predicted molar refractivity (Wildman–Crippen MR) is 56.4 cm³/mol. The Balaban J connectivity index is 2.87. The number of aromatic carboxylic acids is 1. The predicted octanol–water partition coefficient (Wildman–Crippen LogP) is 2.67. The number of benzene rings is 1. The molecule has 0 radical (unpaired) electrons. The van der Waals surface area contributed by atoms with Gasteiger partial charge in [0.15, 0.2) is 18.1 Å². The van der Waals surface area contributed by atoms with E-state index in [2.05, 4.69) is 4.74 Å². The molecular weight excluding hydrogens is 272 g/mol. The zero-order valence-corrected chi connectivity index (χ0v) is 9.70. The van der Waals surface area contributed by atoms with Gasteiger partial charge in [-0.2, -0.15) is 8.78 Å². The lowest BCUT2D eigenvalue weighted by molar-refractivity contribution is -0.148. The molecule has 0 aliphatic carbocycles. The van der Waals surface area contributed by atoms with Crippen molar-refractivity contribution in [3.63, 3.8) is 0 Å². The molecule has 0 atom stereocenters. The number of carbonyl (C=O) groups is 1. The van der Waals surface area contributed by atoms with Gasteiger partial charge in [-0.25, -0.2) is 13.6 Å². The molecule has 1 rings (SSSR count). The minimum Gasteiger partial charge on any atom is -0.493 e. The third kappa shape index (κ3) is 3.73. The van der Waals surface area contributed by atoms with E-state index in [-0.39, 0.29) is 17.1 Å². The first kappa shape index (κ1) is 15.1. The highest BCUT2D eigenvalue weighted by Crippen LogP contribution is 2.31. The molecule has 8 heteroatoms. The number of carboxylic acids is 1. The van der Waals surface area contributed by atoms with Gasteiger partial charge >= 0.3 is 18.3 Å². The van der Waals surface area contributed by atoms with E-state index in [1.807, 2.05) is 0 Å². The molecular formula is C11H10F4O4. The number of hydrogen-bond donors (Lipinski definition) is 1. The summed E-state index contributed by atoms with van der Waals surface area (Å²) in [4.78, 5) is 10.7. The Bertz CT molecular complexity index is 462. The molecule has 0 saturated carbocycles. The van der Waals surface area contributed by atoms with Crippen LogP contribution in [0.5, 0.6) is 11.5 Å². The van der Waals surface area contributed by atoms with Crippen molar-refractivity contribution in [3.8, 4) is 11.5 Å². The van der Waals surface area contributed by atoms with Gasteiger partial charge in [-0.1, -0.05) is 0 Å². The van der Waals surface area contributed by atoms with E-state index < -0.39 is 24.9 Å². The fourth-order valence-corrected chi connectivity index (χ4v) is 1.16. The Morgan fingerprint density at radius 2 is 2.00 bits per heavy atom. The Morgan fingerprint density at radius 3 is 2.47 bits per heavy atom. The van der Waals surface area contributed by atoms with Crippen LogP contribution in [0.3, 0.4) is 0 Å². The van der Waals surface area contributed by atoms with Crippen LogP contribution in [0.1, 0.15) is 10.4 Å². The van der Waals surface area contributed by atoms with Gasteiger partial charge in [-0.15, -0.1) is 0 Å². The highest BCUT2D eigenvalue weighted by molar-refractivity contribution is 5.88. The number of ether oxygens (including phenoxy) is 2. The molecule has 0 unspecified atom stereocenters. The second-order valence-electron chi connectivity index (χ2n) is 3.52. The third-order valence-electron chi connectivity index (χ3n) is 2.15. The van der Waals surface area contributed by atoms with E-state index in [4.69, 9.17) is 9.84 Å². The minimum atomic E-state index is -4.30. The van der Waals surface area contributed by atoms with E-state index in [0.29, 0.717) is 0 Å². The summed E-state index contributed by atoms with van der Waals surface area (Å²) in [6.45, 7) is -1.53. The lowest BCUT2D eigenvalue weighted by Crippen LogP contribution is -2.33. The van der Waals surface area contributed by atoms with Crippen molar-refractivity contribution >= 4 is 5.97 Å². The summed E-state index contributed by atoms with van der Waals surface area (Å²) in [7, 11) is 1.17. The van der Waals surface area contributed by atoms with Gasteiger partial charge in [0.1, 0.15) is 0 Å². The van der Waals surface area contributed by atoms with Crippen LogP contribution in [0.25, 0.3) is 0 Å². The van der Waals surface area contributed by atoms with Crippen LogP contribution in [-0.4, -0.2) is 37.1 Å². The van der Waals surface area contributed by atoms with E-state index in [1.165, 1.54) is 7.11 Å². The van der Waals surface area contributed by atoms with Gasteiger partial charge < -0.3 is 14.6 Å². The van der Waals surface area contributed by atoms with Crippen LogP contribution in [0.2, 0.25) is 0 Å². The zero-order chi connectivity index (χ0) is 14.6. The summed E-state index contributed by atoms with van der Waals surface area (Å²) in [6, 6.07) is 3.18. The maximum atomic E-state index is 12.7. The Hall–Kier alpha value is -1.99. The third-order valence-corrected chi connectivity index (χ3v) is 2.15. The summed E-state index contributed by atoms with van der Waals surface area (Å²) < 4.78 is 58.5. The molecule has 19 heavy (non-hydrogen) atoms. The van der Waals surface area contributed by atoms with Crippen molar-refractivity contribution in [2.75, 3.05) is 13.7 Å². The molecule has 0 spiro atoms. The lowest BCUT2D eigenvalue weighted by Gasteiger charge is -2.17. The molecule has 106 valence electrons. The minimum absolute atomic E-state index is 0.134. The summed E-state index contributed by atoms with van der Waals surface area (Å²) in [6.07, 6.45) is -3.85. The maximum Gasteiger partial charge on any atom is 0.340 e. The van der Waals surface area contributed by atoms with Crippen LogP contribution >= 0.6 is 0 Å². The number of carboxylic acid groups (broad SMARTS) is 1. The van der Waals surface area contributed by atoms with Crippen LogP contribution in [-0.2, 0) is 0 Å².